The Bertz CT molecular complexity index is 1120. The summed E-state index contributed by atoms with van der Waals surface area (Å²) in [5, 5.41) is 13.0. The molecule has 0 aliphatic carbocycles. The van der Waals surface area contributed by atoms with Crippen molar-refractivity contribution in [2.45, 2.75) is 12.6 Å². The maximum atomic E-state index is 12.5. The molecule has 1 aromatic heterocycles. The third-order valence-electron chi connectivity index (χ3n) is 4.30. The van der Waals surface area contributed by atoms with Crippen LogP contribution in [0.25, 0.3) is 21.7 Å². The van der Waals surface area contributed by atoms with Gasteiger partial charge in [0, 0.05) is 0 Å². The standard InChI is InChI=1S/C21H18N2O3/c24-17(12-23-14-22-20-8-4-3-7-19(20)21(23)25)13-26-18-10-9-15-5-1-2-6-16(15)11-18/h1-11,14,17,24H,12-13H2. The summed E-state index contributed by atoms with van der Waals surface area (Å²) in [6.07, 6.45) is 0.645. The van der Waals surface area contributed by atoms with Crippen molar-refractivity contribution < 1.29 is 9.84 Å². The largest absolute Gasteiger partial charge is 0.491 e. The van der Waals surface area contributed by atoms with Crippen LogP contribution in [-0.4, -0.2) is 27.4 Å². The topological polar surface area (TPSA) is 64.4 Å². The van der Waals surface area contributed by atoms with Gasteiger partial charge in [-0.1, -0.05) is 42.5 Å². The first-order chi connectivity index (χ1) is 12.7. The highest BCUT2D eigenvalue weighted by molar-refractivity contribution is 5.83. The molecule has 0 bridgehead atoms. The number of aliphatic hydroxyl groups is 1. The van der Waals surface area contributed by atoms with Gasteiger partial charge < -0.3 is 9.84 Å². The monoisotopic (exact) mass is 346 g/mol. The number of hydrogen-bond acceptors (Lipinski definition) is 4. The molecule has 0 aliphatic rings. The van der Waals surface area contributed by atoms with E-state index in [0.717, 1.165) is 10.8 Å². The van der Waals surface area contributed by atoms with Crippen LogP contribution in [0.3, 0.4) is 0 Å². The van der Waals surface area contributed by atoms with E-state index in [9.17, 15) is 9.90 Å². The molecule has 130 valence electrons. The van der Waals surface area contributed by atoms with Gasteiger partial charge in [-0.25, -0.2) is 4.98 Å². The van der Waals surface area contributed by atoms with Crippen LogP contribution in [0.5, 0.6) is 5.75 Å². The molecular weight excluding hydrogens is 328 g/mol. The first kappa shape index (κ1) is 16.3. The number of nitrogens with zero attached hydrogens (tertiary/aromatic N) is 2. The van der Waals surface area contributed by atoms with Crippen molar-refractivity contribution in [2.24, 2.45) is 0 Å². The zero-order valence-corrected chi connectivity index (χ0v) is 14.1. The van der Waals surface area contributed by atoms with Gasteiger partial charge in [-0.3, -0.25) is 9.36 Å². The van der Waals surface area contributed by atoms with Gasteiger partial charge in [0.25, 0.3) is 5.56 Å². The fourth-order valence-corrected chi connectivity index (χ4v) is 2.97. The molecule has 1 heterocycles. The number of aliphatic hydroxyl groups excluding tert-OH is 1. The summed E-state index contributed by atoms with van der Waals surface area (Å²) in [6.45, 7) is 0.224. The predicted octanol–water partition coefficient (Wildman–Crippen LogP) is 2.99. The van der Waals surface area contributed by atoms with E-state index in [1.807, 2.05) is 48.5 Å². The smallest absolute Gasteiger partial charge is 0.261 e. The van der Waals surface area contributed by atoms with Gasteiger partial charge in [-0.15, -0.1) is 0 Å². The SMILES string of the molecule is O=c1c2ccccc2ncn1CC(O)COc1ccc2ccccc2c1. The molecule has 4 rings (SSSR count). The molecule has 5 heteroatoms. The van der Waals surface area contributed by atoms with Crippen LogP contribution in [-0.2, 0) is 6.54 Å². The second kappa shape index (κ2) is 6.98. The third-order valence-corrected chi connectivity index (χ3v) is 4.30. The lowest BCUT2D eigenvalue weighted by Crippen LogP contribution is -2.30. The Morgan fingerprint density at radius 1 is 1.00 bits per heavy atom. The lowest BCUT2D eigenvalue weighted by molar-refractivity contribution is 0.0915. The third kappa shape index (κ3) is 3.30. The Balaban J connectivity index is 1.46. The van der Waals surface area contributed by atoms with Crippen molar-refractivity contribution in [3.8, 4) is 5.75 Å². The van der Waals surface area contributed by atoms with Crippen LogP contribution in [0.1, 0.15) is 0 Å². The zero-order chi connectivity index (χ0) is 17.9. The van der Waals surface area contributed by atoms with Crippen molar-refractivity contribution in [2.75, 3.05) is 6.61 Å². The van der Waals surface area contributed by atoms with Gasteiger partial charge >= 0.3 is 0 Å². The average molecular weight is 346 g/mol. The molecule has 0 saturated heterocycles. The van der Waals surface area contributed by atoms with Crippen molar-refractivity contribution in [1.82, 2.24) is 9.55 Å². The van der Waals surface area contributed by atoms with Crippen molar-refractivity contribution in [1.29, 1.82) is 0 Å². The van der Waals surface area contributed by atoms with E-state index in [2.05, 4.69) is 4.98 Å². The van der Waals surface area contributed by atoms with Crippen molar-refractivity contribution >= 4 is 21.7 Å². The molecule has 0 amide bonds. The van der Waals surface area contributed by atoms with Crippen LogP contribution in [0, 0.1) is 0 Å². The Morgan fingerprint density at radius 2 is 1.77 bits per heavy atom. The molecular formula is C21H18N2O3. The summed E-state index contributed by atoms with van der Waals surface area (Å²) in [5.74, 6) is 0.687. The predicted molar refractivity (Wildman–Crippen MR) is 101 cm³/mol. The number of benzene rings is 3. The number of hydrogen-bond donors (Lipinski definition) is 1. The van der Waals surface area contributed by atoms with Crippen LogP contribution >= 0.6 is 0 Å². The highest BCUT2D eigenvalue weighted by atomic mass is 16.5. The van der Waals surface area contributed by atoms with E-state index in [1.54, 1.807) is 18.2 Å². The Hall–Kier alpha value is -3.18. The Morgan fingerprint density at radius 3 is 2.65 bits per heavy atom. The molecule has 0 radical (unpaired) electrons. The van der Waals surface area contributed by atoms with Crippen LogP contribution in [0.15, 0.2) is 77.9 Å². The summed E-state index contributed by atoms with van der Waals surface area (Å²) in [4.78, 5) is 16.7. The van der Waals surface area contributed by atoms with E-state index in [0.29, 0.717) is 16.7 Å². The van der Waals surface area contributed by atoms with Gasteiger partial charge in [-0.2, -0.15) is 0 Å². The Kier molecular flexibility index (Phi) is 4.37. The van der Waals surface area contributed by atoms with Crippen molar-refractivity contribution in [3.63, 3.8) is 0 Å². The lowest BCUT2D eigenvalue weighted by Gasteiger charge is -2.14. The quantitative estimate of drug-likeness (QED) is 0.603. The summed E-state index contributed by atoms with van der Waals surface area (Å²) in [6, 6.07) is 21.0. The minimum absolute atomic E-state index is 0.0948. The summed E-state index contributed by atoms with van der Waals surface area (Å²) in [5.41, 5.74) is 0.482. The summed E-state index contributed by atoms with van der Waals surface area (Å²) < 4.78 is 7.10. The molecule has 0 spiro atoms. The molecule has 0 fully saturated rings. The molecule has 1 atom stereocenters. The summed E-state index contributed by atoms with van der Waals surface area (Å²) >= 11 is 0. The van der Waals surface area contributed by atoms with E-state index >= 15 is 0 Å². The second-order valence-corrected chi connectivity index (χ2v) is 6.19. The number of rotatable bonds is 5. The van der Waals surface area contributed by atoms with Crippen LogP contribution < -0.4 is 10.3 Å². The molecule has 0 aliphatic heterocycles. The second-order valence-electron chi connectivity index (χ2n) is 6.19. The minimum Gasteiger partial charge on any atom is -0.491 e. The normalized spacial score (nSPS) is 12.3. The Labute approximate surface area is 150 Å². The maximum absolute atomic E-state index is 12.5. The van der Waals surface area contributed by atoms with E-state index in [-0.39, 0.29) is 18.7 Å². The van der Waals surface area contributed by atoms with Gasteiger partial charge in [-0.05, 0) is 35.0 Å². The fraction of sp³-hybridized carbons (Fsp3) is 0.143. The summed E-state index contributed by atoms with van der Waals surface area (Å²) in [7, 11) is 0. The van der Waals surface area contributed by atoms with E-state index in [1.165, 1.54) is 10.9 Å². The molecule has 3 aromatic carbocycles. The minimum atomic E-state index is -0.817. The zero-order valence-electron chi connectivity index (χ0n) is 14.1. The molecule has 1 unspecified atom stereocenters. The molecule has 0 saturated carbocycles. The average Bonchev–Trinajstić information content (AvgIpc) is 2.68. The lowest BCUT2D eigenvalue weighted by atomic mass is 10.1. The molecule has 4 aromatic rings. The maximum Gasteiger partial charge on any atom is 0.261 e. The van der Waals surface area contributed by atoms with Gasteiger partial charge in [0.1, 0.15) is 18.5 Å². The number of para-hydroxylation sites is 1. The van der Waals surface area contributed by atoms with Gasteiger partial charge in [0.15, 0.2) is 0 Å². The van der Waals surface area contributed by atoms with Crippen LogP contribution in [0.4, 0.5) is 0 Å². The molecule has 1 N–H and O–H groups in total. The number of aromatic nitrogens is 2. The highest BCUT2D eigenvalue weighted by Crippen LogP contribution is 2.20. The highest BCUT2D eigenvalue weighted by Gasteiger charge is 2.10. The number of ether oxygens (including phenoxy) is 1. The van der Waals surface area contributed by atoms with Crippen molar-refractivity contribution in [3.05, 3.63) is 83.4 Å². The van der Waals surface area contributed by atoms with E-state index < -0.39 is 6.10 Å². The van der Waals surface area contributed by atoms with Gasteiger partial charge in [0.05, 0.1) is 23.8 Å². The molecule has 26 heavy (non-hydrogen) atoms. The van der Waals surface area contributed by atoms with Gasteiger partial charge in [0.2, 0.25) is 0 Å². The van der Waals surface area contributed by atoms with E-state index in [4.69, 9.17) is 4.74 Å². The first-order valence-corrected chi connectivity index (χ1v) is 8.44. The van der Waals surface area contributed by atoms with Crippen LogP contribution in [0.2, 0.25) is 0 Å². The fourth-order valence-electron chi connectivity index (χ4n) is 2.97. The molecule has 5 nitrogen and oxygen atoms in total. The number of fused-ring (bicyclic) bond motifs is 2. The first-order valence-electron chi connectivity index (χ1n) is 8.44.